The van der Waals surface area contributed by atoms with E-state index < -0.39 is 98.5 Å². The van der Waals surface area contributed by atoms with Crippen molar-refractivity contribution in [3.63, 3.8) is 0 Å². The van der Waals surface area contributed by atoms with E-state index in [1.54, 1.807) is 0 Å². The van der Waals surface area contributed by atoms with Gasteiger partial charge in [-0.05, 0) is 47.5 Å². The van der Waals surface area contributed by atoms with E-state index in [9.17, 15) is 49.8 Å². The highest BCUT2D eigenvalue weighted by Crippen LogP contribution is 2.39. The van der Waals surface area contributed by atoms with Gasteiger partial charge >= 0.3 is 23.9 Å². The molecule has 4 rings (SSSR count). The number of benzene rings is 2. The lowest BCUT2D eigenvalue weighted by Crippen LogP contribution is -2.64. The Morgan fingerprint density at radius 2 is 1.31 bits per heavy atom. The monoisotopic (exact) mass is 778 g/mol. The normalized spacial score (nSPS) is 27.8. The van der Waals surface area contributed by atoms with Crippen LogP contribution < -0.4 is 9.47 Å². The van der Waals surface area contributed by atoms with Gasteiger partial charge in [0.1, 0.15) is 50.3 Å². The minimum absolute atomic E-state index is 0.105. The fourth-order valence-electron chi connectivity index (χ4n) is 5.56. The van der Waals surface area contributed by atoms with Crippen LogP contribution in [0.2, 0.25) is 0 Å². The summed E-state index contributed by atoms with van der Waals surface area (Å²) in [7, 11) is 2.67. The van der Waals surface area contributed by atoms with Crippen molar-refractivity contribution < 1.29 is 92.4 Å². The van der Waals surface area contributed by atoms with Crippen molar-refractivity contribution in [1.29, 1.82) is 0 Å². The maximum atomic E-state index is 13.1. The first kappa shape index (κ1) is 42.5. The van der Waals surface area contributed by atoms with E-state index in [4.69, 9.17) is 42.6 Å². The maximum Gasteiger partial charge on any atom is 0.331 e. The van der Waals surface area contributed by atoms with E-state index in [0.29, 0.717) is 11.1 Å². The second-order valence-electron chi connectivity index (χ2n) is 12.2. The summed E-state index contributed by atoms with van der Waals surface area (Å²) in [6.45, 7) is -0.434. The van der Waals surface area contributed by atoms with E-state index in [0.717, 1.165) is 26.0 Å². The standard InChI is InChI=1S/C36H42O19/c1-18(38)49-15-26-30(44)33(51-19(2)39)32(46)35(52-26)55-36(17-37)34(53-29(43)12-8-21-6-10-23(41)25(14-21)48-4)31(45)27(54-36)16-50-28(42)11-7-20-5-9-22(40)24(13-20)47-3/h5-14,26-27,30-35,37,40-41,44-46H,15-17H2,1-4H3/b11-7+,12-8+/t26-,27-,30-,31-,32-,33+,34+,35-,36+/m1/s1. The molecule has 0 unspecified atom stereocenters. The predicted octanol–water partition coefficient (Wildman–Crippen LogP) is -0.297. The Labute approximate surface area is 313 Å². The van der Waals surface area contributed by atoms with Gasteiger partial charge in [0.15, 0.2) is 41.5 Å². The Kier molecular flexibility index (Phi) is 14.6. The number of aromatic hydroxyl groups is 2. The van der Waals surface area contributed by atoms with Crippen molar-refractivity contribution in [1.82, 2.24) is 0 Å². The van der Waals surface area contributed by atoms with Crippen LogP contribution in [0.5, 0.6) is 23.0 Å². The molecule has 55 heavy (non-hydrogen) atoms. The summed E-state index contributed by atoms with van der Waals surface area (Å²) in [5, 5.41) is 63.7. The molecule has 6 N–H and O–H groups in total. The smallest absolute Gasteiger partial charge is 0.331 e. The zero-order valence-electron chi connectivity index (χ0n) is 30.0. The molecule has 2 fully saturated rings. The van der Waals surface area contributed by atoms with Crippen molar-refractivity contribution in [2.75, 3.05) is 34.0 Å². The fourth-order valence-corrected chi connectivity index (χ4v) is 5.56. The van der Waals surface area contributed by atoms with Crippen LogP contribution in [0, 0.1) is 0 Å². The molecule has 2 aromatic carbocycles. The summed E-state index contributed by atoms with van der Waals surface area (Å²) in [6, 6.07) is 8.47. The first-order valence-electron chi connectivity index (χ1n) is 16.6. The third kappa shape index (κ3) is 10.7. The molecular weight excluding hydrogens is 736 g/mol. The molecule has 0 amide bonds. The number of phenolic OH excluding ortho intramolecular Hbond substituents is 2. The molecule has 300 valence electrons. The molecule has 2 heterocycles. The van der Waals surface area contributed by atoms with Crippen LogP contribution in [-0.4, -0.2) is 143 Å². The molecule has 0 aromatic heterocycles. The Morgan fingerprint density at radius 1 is 0.745 bits per heavy atom. The zero-order valence-corrected chi connectivity index (χ0v) is 30.0. The van der Waals surface area contributed by atoms with Gasteiger partial charge in [-0.2, -0.15) is 0 Å². The van der Waals surface area contributed by atoms with Gasteiger partial charge in [0, 0.05) is 26.0 Å². The minimum atomic E-state index is -2.58. The third-order valence-electron chi connectivity index (χ3n) is 8.27. The number of aliphatic hydroxyl groups excluding tert-OH is 4. The molecule has 0 bridgehead atoms. The Morgan fingerprint density at radius 3 is 1.84 bits per heavy atom. The third-order valence-corrected chi connectivity index (χ3v) is 8.27. The first-order chi connectivity index (χ1) is 26.1. The van der Waals surface area contributed by atoms with E-state index in [2.05, 4.69) is 0 Å². The summed E-state index contributed by atoms with van der Waals surface area (Å²) < 4.78 is 48.3. The lowest BCUT2D eigenvalue weighted by molar-refractivity contribution is -0.383. The lowest BCUT2D eigenvalue weighted by atomic mass is 9.98. The molecule has 19 nitrogen and oxygen atoms in total. The average Bonchev–Trinajstić information content (AvgIpc) is 3.41. The molecule has 9 atom stereocenters. The number of esters is 4. The molecule has 0 aliphatic carbocycles. The number of carbonyl (C=O) groups excluding carboxylic acids is 4. The summed E-state index contributed by atoms with van der Waals surface area (Å²) in [5.41, 5.74) is 0.841. The van der Waals surface area contributed by atoms with Crippen LogP contribution in [0.25, 0.3) is 12.2 Å². The number of hydrogen-bond acceptors (Lipinski definition) is 19. The number of phenols is 2. The van der Waals surface area contributed by atoms with Gasteiger partial charge in [-0.15, -0.1) is 0 Å². The van der Waals surface area contributed by atoms with Crippen molar-refractivity contribution in [3.05, 3.63) is 59.7 Å². The molecule has 0 saturated carbocycles. The molecular formula is C36H42O19. The minimum Gasteiger partial charge on any atom is -0.504 e. The highest BCUT2D eigenvalue weighted by atomic mass is 16.8. The maximum absolute atomic E-state index is 13.1. The van der Waals surface area contributed by atoms with Crippen molar-refractivity contribution >= 4 is 36.0 Å². The van der Waals surface area contributed by atoms with Gasteiger partial charge < -0.3 is 73.3 Å². The van der Waals surface area contributed by atoms with E-state index in [-0.39, 0.29) is 23.0 Å². The van der Waals surface area contributed by atoms with Gasteiger partial charge in [0.25, 0.3) is 0 Å². The van der Waals surface area contributed by atoms with Gasteiger partial charge in [0.05, 0.1) is 14.2 Å². The molecule has 2 aliphatic rings. The van der Waals surface area contributed by atoms with Crippen LogP contribution >= 0.6 is 0 Å². The number of methoxy groups -OCH3 is 2. The fraction of sp³-hybridized carbons (Fsp3) is 0.444. The summed E-state index contributed by atoms with van der Waals surface area (Å²) in [6.07, 6.45) is -9.73. The van der Waals surface area contributed by atoms with Gasteiger partial charge in [-0.3, -0.25) is 9.59 Å². The van der Waals surface area contributed by atoms with Crippen LogP contribution in [0.4, 0.5) is 0 Å². The molecule has 2 aromatic rings. The molecule has 19 heteroatoms. The van der Waals surface area contributed by atoms with Crippen molar-refractivity contribution in [3.8, 4) is 23.0 Å². The Balaban J connectivity index is 1.60. The molecule has 2 aliphatic heterocycles. The van der Waals surface area contributed by atoms with Crippen LogP contribution in [0.1, 0.15) is 25.0 Å². The quantitative estimate of drug-likeness (QED) is 0.0770. The van der Waals surface area contributed by atoms with Gasteiger partial charge in [0.2, 0.25) is 5.79 Å². The lowest BCUT2D eigenvalue weighted by Gasteiger charge is -2.44. The number of ether oxygens (including phenoxy) is 9. The number of rotatable bonds is 15. The van der Waals surface area contributed by atoms with Crippen LogP contribution in [0.15, 0.2) is 48.6 Å². The average molecular weight is 779 g/mol. The summed E-state index contributed by atoms with van der Waals surface area (Å²) in [5.74, 6) is -6.35. The molecule has 2 saturated heterocycles. The first-order valence-corrected chi connectivity index (χ1v) is 16.6. The van der Waals surface area contributed by atoms with Gasteiger partial charge in [-0.25, -0.2) is 9.59 Å². The number of hydrogen-bond donors (Lipinski definition) is 6. The highest BCUT2D eigenvalue weighted by Gasteiger charge is 2.61. The van der Waals surface area contributed by atoms with Crippen molar-refractivity contribution in [2.24, 2.45) is 0 Å². The van der Waals surface area contributed by atoms with Crippen LogP contribution in [0.3, 0.4) is 0 Å². The van der Waals surface area contributed by atoms with E-state index in [1.165, 1.54) is 62.8 Å². The second-order valence-corrected chi connectivity index (χ2v) is 12.2. The Hall–Kier alpha value is -5.28. The van der Waals surface area contributed by atoms with Crippen LogP contribution in [-0.2, 0) is 52.3 Å². The molecule has 0 spiro atoms. The predicted molar refractivity (Wildman–Crippen MR) is 183 cm³/mol. The summed E-state index contributed by atoms with van der Waals surface area (Å²) in [4.78, 5) is 49.2. The zero-order chi connectivity index (χ0) is 40.4. The van der Waals surface area contributed by atoms with E-state index >= 15 is 0 Å². The van der Waals surface area contributed by atoms with E-state index in [1.807, 2.05) is 0 Å². The number of aliphatic hydroxyl groups is 4. The second kappa shape index (κ2) is 18.8. The summed E-state index contributed by atoms with van der Waals surface area (Å²) >= 11 is 0. The number of carbonyl (C=O) groups is 4. The molecule has 0 radical (unpaired) electrons. The topological polar surface area (TPSA) is 273 Å². The SMILES string of the molecule is COc1cc(/C=C/C(=O)OC[C@H]2O[C@@](CO)(O[C@H]3O[C@H](COC(C)=O)[C@@H](O)[C@H](OC(C)=O)[C@H]3O)[C@@H](OC(=O)/C=C/c3ccc(O)c(OC)c3)[C@@H]2O)ccc1O. The van der Waals surface area contributed by atoms with Gasteiger partial charge in [-0.1, -0.05) is 12.1 Å². The Bertz CT molecular complexity index is 1740. The van der Waals surface area contributed by atoms with Crippen molar-refractivity contribution in [2.45, 2.75) is 68.7 Å². The largest absolute Gasteiger partial charge is 0.504 e. The highest BCUT2D eigenvalue weighted by molar-refractivity contribution is 5.88.